The molecule has 0 bridgehead atoms. The lowest BCUT2D eigenvalue weighted by Crippen LogP contribution is -2.02. The lowest BCUT2D eigenvalue weighted by Gasteiger charge is -2.11. The summed E-state index contributed by atoms with van der Waals surface area (Å²) in [6.45, 7) is 6.04. The summed E-state index contributed by atoms with van der Waals surface area (Å²) in [5.41, 5.74) is 3.71. The molecule has 7 heteroatoms. The number of rotatable bonds is 3. The molecule has 128 valence electrons. The van der Waals surface area contributed by atoms with Crippen LogP contribution >= 0.6 is 0 Å². The Hall–Kier alpha value is -2.96. The molecule has 0 aliphatic heterocycles. The van der Waals surface area contributed by atoms with E-state index in [1.165, 1.54) is 6.07 Å². The Morgan fingerprint density at radius 2 is 2.00 bits per heavy atom. The van der Waals surface area contributed by atoms with Crippen LogP contribution in [-0.2, 0) is 0 Å². The molecule has 0 fully saturated rings. The molecule has 6 nitrogen and oxygen atoms in total. The monoisotopic (exact) mass is 338 g/mol. The van der Waals surface area contributed by atoms with Gasteiger partial charge in [-0.2, -0.15) is 0 Å². The summed E-state index contributed by atoms with van der Waals surface area (Å²) in [7, 11) is 1.77. The Bertz CT molecular complexity index is 1090. The van der Waals surface area contributed by atoms with Gasteiger partial charge in [0.05, 0.1) is 17.2 Å². The van der Waals surface area contributed by atoms with Crippen LogP contribution in [0.5, 0.6) is 0 Å². The van der Waals surface area contributed by atoms with Crippen LogP contribution in [0, 0.1) is 12.7 Å². The topological polar surface area (TPSA) is 60.0 Å². The molecular formula is C18H19FN6. The number of nitrogens with zero attached hydrogens (tertiary/aromatic N) is 5. The first-order valence-electron chi connectivity index (χ1n) is 8.20. The molecule has 0 aliphatic carbocycles. The highest BCUT2D eigenvalue weighted by Crippen LogP contribution is 2.31. The van der Waals surface area contributed by atoms with Crippen LogP contribution in [0.1, 0.15) is 25.7 Å². The highest BCUT2D eigenvalue weighted by atomic mass is 19.1. The van der Waals surface area contributed by atoms with Gasteiger partial charge >= 0.3 is 0 Å². The SMILES string of the molecule is CNc1ncc2c(-c3cc(F)c4nc(C)n(C(C)C)c4c3)ccn2n1. The summed E-state index contributed by atoms with van der Waals surface area (Å²) in [6, 6.07) is 5.64. The third-order valence-electron chi connectivity index (χ3n) is 4.39. The molecular weight excluding hydrogens is 319 g/mol. The summed E-state index contributed by atoms with van der Waals surface area (Å²) in [6.07, 6.45) is 3.58. The maximum atomic E-state index is 14.7. The molecule has 1 aromatic carbocycles. The summed E-state index contributed by atoms with van der Waals surface area (Å²) in [4.78, 5) is 8.66. The molecule has 0 amide bonds. The maximum Gasteiger partial charge on any atom is 0.240 e. The molecule has 0 aliphatic rings. The molecule has 4 rings (SSSR count). The average Bonchev–Trinajstić information content (AvgIpc) is 3.14. The molecule has 1 N–H and O–H groups in total. The van der Waals surface area contributed by atoms with E-state index in [1.807, 2.05) is 25.3 Å². The number of imidazole rings is 1. The molecule has 0 saturated carbocycles. The minimum absolute atomic E-state index is 0.201. The molecule has 3 aromatic heterocycles. The van der Waals surface area contributed by atoms with Crippen molar-refractivity contribution in [2.75, 3.05) is 12.4 Å². The average molecular weight is 338 g/mol. The standard InChI is InChI=1S/C18H19FN6/c1-10(2)25-11(3)22-17-14(19)7-12(8-15(17)25)13-5-6-24-16(13)9-21-18(20-4)23-24/h5-10H,1-4H3,(H,20,23). The highest BCUT2D eigenvalue weighted by molar-refractivity contribution is 5.88. The molecule has 25 heavy (non-hydrogen) atoms. The summed E-state index contributed by atoms with van der Waals surface area (Å²) in [5.74, 6) is 1.02. The van der Waals surface area contributed by atoms with E-state index in [4.69, 9.17) is 0 Å². The Balaban J connectivity index is 1.97. The molecule has 0 spiro atoms. The second-order valence-corrected chi connectivity index (χ2v) is 6.34. The van der Waals surface area contributed by atoms with Gasteiger partial charge in [-0.25, -0.2) is 18.9 Å². The van der Waals surface area contributed by atoms with Gasteiger partial charge in [0.2, 0.25) is 5.95 Å². The van der Waals surface area contributed by atoms with Crippen molar-refractivity contribution in [2.45, 2.75) is 26.8 Å². The van der Waals surface area contributed by atoms with Crippen LogP contribution in [0.3, 0.4) is 0 Å². The zero-order valence-electron chi connectivity index (χ0n) is 14.6. The van der Waals surface area contributed by atoms with Gasteiger partial charge < -0.3 is 9.88 Å². The third-order valence-corrected chi connectivity index (χ3v) is 4.39. The fraction of sp³-hybridized carbons (Fsp3) is 0.278. The summed E-state index contributed by atoms with van der Waals surface area (Å²) < 4.78 is 18.5. The van der Waals surface area contributed by atoms with E-state index >= 15 is 0 Å². The quantitative estimate of drug-likeness (QED) is 0.617. The van der Waals surface area contributed by atoms with Gasteiger partial charge in [-0.05, 0) is 44.5 Å². The van der Waals surface area contributed by atoms with Crippen LogP contribution in [-0.4, -0.2) is 31.2 Å². The van der Waals surface area contributed by atoms with E-state index in [-0.39, 0.29) is 11.9 Å². The smallest absolute Gasteiger partial charge is 0.240 e. The fourth-order valence-electron chi connectivity index (χ4n) is 3.34. The van der Waals surface area contributed by atoms with Crippen LogP contribution in [0.4, 0.5) is 10.3 Å². The van der Waals surface area contributed by atoms with Gasteiger partial charge in [0, 0.05) is 24.8 Å². The number of nitrogens with one attached hydrogen (secondary N) is 1. The van der Waals surface area contributed by atoms with E-state index in [0.717, 1.165) is 28.0 Å². The van der Waals surface area contributed by atoms with E-state index in [9.17, 15) is 4.39 Å². The maximum absolute atomic E-state index is 14.7. The largest absolute Gasteiger partial charge is 0.356 e. The van der Waals surface area contributed by atoms with Gasteiger partial charge in [0.1, 0.15) is 11.3 Å². The van der Waals surface area contributed by atoms with Crippen LogP contribution in [0.25, 0.3) is 27.7 Å². The normalized spacial score (nSPS) is 11.8. The number of aryl methyl sites for hydroxylation is 1. The van der Waals surface area contributed by atoms with Crippen LogP contribution in [0.2, 0.25) is 0 Å². The Morgan fingerprint density at radius 3 is 2.72 bits per heavy atom. The lowest BCUT2D eigenvalue weighted by atomic mass is 10.1. The van der Waals surface area contributed by atoms with Crippen molar-refractivity contribution in [3.8, 4) is 11.1 Å². The number of fused-ring (bicyclic) bond motifs is 2. The van der Waals surface area contributed by atoms with Crippen LogP contribution in [0.15, 0.2) is 30.6 Å². The van der Waals surface area contributed by atoms with E-state index in [0.29, 0.717) is 11.5 Å². The van der Waals surface area contributed by atoms with Crippen molar-refractivity contribution in [1.29, 1.82) is 0 Å². The molecule has 0 saturated heterocycles. The van der Waals surface area contributed by atoms with Crippen molar-refractivity contribution in [2.24, 2.45) is 0 Å². The third kappa shape index (κ3) is 2.34. The van der Waals surface area contributed by atoms with Gasteiger partial charge in [-0.3, -0.25) is 0 Å². The summed E-state index contributed by atoms with van der Waals surface area (Å²) in [5, 5.41) is 7.27. The Kier molecular flexibility index (Phi) is 3.45. The number of benzene rings is 1. The zero-order valence-corrected chi connectivity index (χ0v) is 14.6. The highest BCUT2D eigenvalue weighted by Gasteiger charge is 2.17. The van der Waals surface area contributed by atoms with E-state index < -0.39 is 0 Å². The first-order valence-corrected chi connectivity index (χ1v) is 8.20. The molecule has 0 atom stereocenters. The zero-order chi connectivity index (χ0) is 17.7. The fourth-order valence-corrected chi connectivity index (χ4v) is 3.34. The number of hydrogen-bond donors (Lipinski definition) is 1. The number of anilines is 1. The van der Waals surface area contributed by atoms with Crippen molar-refractivity contribution >= 4 is 22.5 Å². The van der Waals surface area contributed by atoms with Gasteiger partial charge in [0.25, 0.3) is 0 Å². The van der Waals surface area contributed by atoms with E-state index in [1.54, 1.807) is 17.8 Å². The second kappa shape index (κ2) is 5.54. The Morgan fingerprint density at radius 1 is 1.20 bits per heavy atom. The van der Waals surface area contributed by atoms with Gasteiger partial charge in [-0.15, -0.1) is 5.10 Å². The molecule has 0 unspecified atom stereocenters. The first kappa shape index (κ1) is 15.6. The second-order valence-electron chi connectivity index (χ2n) is 6.34. The van der Waals surface area contributed by atoms with Crippen molar-refractivity contribution in [3.63, 3.8) is 0 Å². The lowest BCUT2D eigenvalue weighted by molar-refractivity contribution is 0.600. The van der Waals surface area contributed by atoms with Gasteiger partial charge in [0.15, 0.2) is 5.82 Å². The van der Waals surface area contributed by atoms with Crippen LogP contribution < -0.4 is 5.32 Å². The predicted octanol–water partition coefficient (Wildman–Crippen LogP) is 3.82. The first-order chi connectivity index (χ1) is 12.0. The van der Waals surface area contributed by atoms with Crippen molar-refractivity contribution in [1.82, 2.24) is 24.1 Å². The predicted molar refractivity (Wildman–Crippen MR) is 96.3 cm³/mol. The Labute approximate surface area is 144 Å². The van der Waals surface area contributed by atoms with Crippen molar-refractivity contribution in [3.05, 3.63) is 42.2 Å². The molecule has 4 aromatic rings. The number of hydrogen-bond acceptors (Lipinski definition) is 4. The van der Waals surface area contributed by atoms with Crippen molar-refractivity contribution < 1.29 is 4.39 Å². The molecule has 3 heterocycles. The molecule has 0 radical (unpaired) electrons. The summed E-state index contributed by atoms with van der Waals surface area (Å²) >= 11 is 0. The number of aromatic nitrogens is 5. The van der Waals surface area contributed by atoms with Gasteiger partial charge in [-0.1, -0.05) is 0 Å². The van der Waals surface area contributed by atoms with E-state index in [2.05, 4.69) is 38.8 Å². The minimum Gasteiger partial charge on any atom is -0.356 e. The number of halogens is 1. The minimum atomic E-state index is -0.317.